The van der Waals surface area contributed by atoms with Crippen LogP contribution in [0.4, 0.5) is 5.69 Å². The number of carbonyl (C=O) groups excluding carboxylic acids is 1. The quantitative estimate of drug-likeness (QED) is 0.514. The Balaban J connectivity index is 1.47. The van der Waals surface area contributed by atoms with Crippen LogP contribution in [0.25, 0.3) is 0 Å². The summed E-state index contributed by atoms with van der Waals surface area (Å²) in [5, 5.41) is 0.559. The van der Waals surface area contributed by atoms with Crippen LogP contribution < -0.4 is 9.47 Å². The second-order valence-corrected chi connectivity index (χ2v) is 8.58. The van der Waals surface area contributed by atoms with Gasteiger partial charge in [0.05, 0.1) is 12.7 Å². The number of nitrogens with zero attached hydrogens (tertiary/aromatic N) is 3. The average Bonchev–Trinajstić information content (AvgIpc) is 3.00. The molecule has 0 aromatic heterocycles. The topological polar surface area (TPSA) is 54.4 Å². The van der Waals surface area contributed by atoms with E-state index in [2.05, 4.69) is 11.8 Å². The zero-order chi connectivity index (χ0) is 22.9. The van der Waals surface area contributed by atoms with Crippen molar-refractivity contribution in [1.29, 1.82) is 0 Å². The second kappa shape index (κ2) is 8.79. The minimum Gasteiger partial charge on any atom is -0.493 e. The number of para-hydroxylation sites is 3. The lowest BCUT2D eigenvalue weighted by molar-refractivity contribution is 0.0581. The highest BCUT2D eigenvalue weighted by molar-refractivity contribution is 6.31. The molecule has 2 aliphatic rings. The van der Waals surface area contributed by atoms with Gasteiger partial charge in [-0.05, 0) is 49.4 Å². The van der Waals surface area contributed by atoms with E-state index in [1.54, 1.807) is 31.4 Å². The summed E-state index contributed by atoms with van der Waals surface area (Å²) in [6.07, 6.45) is 0. The molecule has 3 aromatic rings. The van der Waals surface area contributed by atoms with E-state index in [1.807, 2.05) is 47.4 Å². The summed E-state index contributed by atoms with van der Waals surface area (Å²) in [5.41, 5.74) is 2.23. The highest BCUT2D eigenvalue weighted by Crippen LogP contribution is 2.42. The normalized spacial score (nSPS) is 17.3. The highest BCUT2D eigenvalue weighted by Gasteiger charge is 2.32. The maximum absolute atomic E-state index is 13.1. The van der Waals surface area contributed by atoms with Gasteiger partial charge in [-0.3, -0.25) is 4.79 Å². The van der Waals surface area contributed by atoms with Crippen molar-refractivity contribution >= 4 is 29.0 Å². The van der Waals surface area contributed by atoms with Gasteiger partial charge in [0, 0.05) is 36.3 Å². The molecule has 3 aromatic carbocycles. The van der Waals surface area contributed by atoms with Gasteiger partial charge in [0.1, 0.15) is 11.5 Å². The maximum Gasteiger partial charge on any atom is 0.254 e. The van der Waals surface area contributed by atoms with Crippen LogP contribution in [-0.4, -0.2) is 54.3 Å². The lowest BCUT2D eigenvalue weighted by Crippen LogP contribution is -2.55. The van der Waals surface area contributed by atoms with Crippen LogP contribution in [0.1, 0.15) is 22.8 Å². The van der Waals surface area contributed by atoms with Crippen LogP contribution >= 0.6 is 11.6 Å². The third-order valence-corrected chi connectivity index (χ3v) is 6.24. The van der Waals surface area contributed by atoms with Crippen molar-refractivity contribution in [2.75, 3.05) is 26.7 Å². The van der Waals surface area contributed by atoms with E-state index in [4.69, 9.17) is 26.1 Å². The fraction of sp³-hybridized carbons (Fsp3) is 0.231. The van der Waals surface area contributed by atoms with E-state index in [9.17, 15) is 4.79 Å². The molecule has 0 N–H and O–H groups in total. The second-order valence-electron chi connectivity index (χ2n) is 8.15. The molecule has 2 aliphatic heterocycles. The predicted octanol–water partition coefficient (Wildman–Crippen LogP) is 5.38. The molecule has 7 heteroatoms. The van der Waals surface area contributed by atoms with Crippen molar-refractivity contribution < 1.29 is 14.3 Å². The van der Waals surface area contributed by atoms with Gasteiger partial charge in [0.2, 0.25) is 0 Å². The third kappa shape index (κ3) is 4.02. The monoisotopic (exact) mass is 461 g/mol. The summed E-state index contributed by atoms with van der Waals surface area (Å²) in [4.78, 5) is 22.2. The van der Waals surface area contributed by atoms with Crippen LogP contribution in [0.2, 0.25) is 5.02 Å². The van der Waals surface area contributed by atoms with Gasteiger partial charge in [0.25, 0.3) is 5.91 Å². The summed E-state index contributed by atoms with van der Waals surface area (Å²) in [7, 11) is 1.63. The molecule has 33 heavy (non-hydrogen) atoms. The molecular formula is C26H24ClN3O3. The average molecular weight is 462 g/mol. The summed E-state index contributed by atoms with van der Waals surface area (Å²) in [6, 6.07) is 20.6. The zero-order valence-corrected chi connectivity index (χ0v) is 19.2. The first-order valence-corrected chi connectivity index (χ1v) is 11.3. The largest absolute Gasteiger partial charge is 0.493 e. The van der Waals surface area contributed by atoms with Crippen molar-refractivity contribution in [2.45, 2.75) is 13.0 Å². The van der Waals surface area contributed by atoms with Gasteiger partial charge in [-0.1, -0.05) is 35.9 Å². The molecule has 0 bridgehead atoms. The fourth-order valence-corrected chi connectivity index (χ4v) is 4.55. The Bertz CT molecular complexity index is 1240. The summed E-state index contributed by atoms with van der Waals surface area (Å²) in [6.45, 7) is 3.92. The molecule has 1 saturated heterocycles. The Hall–Kier alpha value is -3.51. The first kappa shape index (κ1) is 21.3. The molecule has 0 radical (unpaired) electrons. The molecule has 1 amide bonds. The molecule has 0 unspecified atom stereocenters. The van der Waals surface area contributed by atoms with Gasteiger partial charge >= 0.3 is 0 Å². The number of hydrogen-bond donors (Lipinski definition) is 0. The smallest absolute Gasteiger partial charge is 0.254 e. The number of amides is 1. The SMILES string of the molecule is COc1cccc2c1Oc1ccccc1N=C2N1CCN(C(=O)c2cccc(Cl)c2)[C@H](C)C1. The summed E-state index contributed by atoms with van der Waals surface area (Å²) in [5.74, 6) is 2.79. The molecular weight excluding hydrogens is 438 g/mol. The van der Waals surface area contributed by atoms with Crippen molar-refractivity contribution in [3.05, 3.63) is 82.9 Å². The molecule has 6 nitrogen and oxygen atoms in total. The zero-order valence-electron chi connectivity index (χ0n) is 18.5. The number of amidine groups is 1. The minimum absolute atomic E-state index is 0.0109. The van der Waals surface area contributed by atoms with Crippen molar-refractivity contribution in [2.24, 2.45) is 4.99 Å². The predicted molar refractivity (Wildman–Crippen MR) is 129 cm³/mol. The van der Waals surface area contributed by atoms with Crippen LogP contribution in [0, 0.1) is 0 Å². The Kier molecular flexibility index (Phi) is 5.68. The number of methoxy groups -OCH3 is 1. The molecule has 168 valence electrons. The molecule has 0 spiro atoms. The van der Waals surface area contributed by atoms with Crippen LogP contribution in [0.3, 0.4) is 0 Å². The van der Waals surface area contributed by atoms with E-state index in [1.165, 1.54) is 0 Å². The van der Waals surface area contributed by atoms with Gasteiger partial charge in [-0.25, -0.2) is 4.99 Å². The first-order valence-electron chi connectivity index (χ1n) is 10.9. The molecule has 2 heterocycles. The van der Waals surface area contributed by atoms with Crippen molar-refractivity contribution in [3.63, 3.8) is 0 Å². The van der Waals surface area contributed by atoms with E-state index >= 15 is 0 Å². The van der Waals surface area contributed by atoms with E-state index in [0.29, 0.717) is 47.5 Å². The number of hydrogen-bond acceptors (Lipinski definition) is 5. The van der Waals surface area contributed by atoms with Gasteiger partial charge in [-0.15, -0.1) is 0 Å². The number of halogens is 1. The molecule has 1 fully saturated rings. The lowest BCUT2D eigenvalue weighted by atomic mass is 10.1. The molecule has 0 aliphatic carbocycles. The van der Waals surface area contributed by atoms with E-state index in [-0.39, 0.29) is 11.9 Å². The molecule has 5 rings (SSSR count). The van der Waals surface area contributed by atoms with Crippen molar-refractivity contribution in [1.82, 2.24) is 9.80 Å². The Labute approximate surface area is 198 Å². The number of carbonyl (C=O) groups is 1. The Morgan fingerprint density at radius 3 is 2.70 bits per heavy atom. The summed E-state index contributed by atoms with van der Waals surface area (Å²) < 4.78 is 11.8. The van der Waals surface area contributed by atoms with Crippen LogP contribution in [0.15, 0.2) is 71.7 Å². The van der Waals surface area contributed by atoms with Crippen LogP contribution in [-0.2, 0) is 0 Å². The van der Waals surface area contributed by atoms with Gasteiger partial charge in [0.15, 0.2) is 17.2 Å². The standard InChI is InChI=1S/C26H24ClN3O3/c1-17-16-29(13-14-30(17)26(31)18-7-5-8-19(27)15-18)25-20-9-6-12-23(32-2)24(20)33-22-11-4-3-10-21(22)28-25/h3-12,15,17H,13-14,16H2,1-2H3/t17-/m1/s1. The maximum atomic E-state index is 13.1. The Morgan fingerprint density at radius 2 is 1.91 bits per heavy atom. The number of benzene rings is 3. The van der Waals surface area contributed by atoms with E-state index < -0.39 is 0 Å². The minimum atomic E-state index is -0.0126. The third-order valence-electron chi connectivity index (χ3n) is 6.00. The summed E-state index contributed by atoms with van der Waals surface area (Å²) >= 11 is 6.10. The van der Waals surface area contributed by atoms with Gasteiger partial charge in [-0.2, -0.15) is 0 Å². The van der Waals surface area contributed by atoms with Gasteiger partial charge < -0.3 is 19.3 Å². The fourth-order valence-electron chi connectivity index (χ4n) is 4.36. The number of piperazine rings is 1. The lowest BCUT2D eigenvalue weighted by Gasteiger charge is -2.41. The molecule has 1 atom stereocenters. The number of fused-ring (bicyclic) bond motifs is 2. The first-order chi connectivity index (χ1) is 16.0. The molecule has 0 saturated carbocycles. The number of ether oxygens (including phenoxy) is 2. The van der Waals surface area contributed by atoms with Crippen molar-refractivity contribution in [3.8, 4) is 17.2 Å². The number of rotatable bonds is 2. The number of aliphatic imine (C=N–C) groups is 1. The Morgan fingerprint density at radius 1 is 1.09 bits per heavy atom. The van der Waals surface area contributed by atoms with Crippen LogP contribution in [0.5, 0.6) is 17.2 Å². The van der Waals surface area contributed by atoms with E-state index in [0.717, 1.165) is 17.1 Å². The highest BCUT2D eigenvalue weighted by atomic mass is 35.5.